The number of ketones is 1. The van der Waals surface area contributed by atoms with Crippen molar-refractivity contribution in [1.82, 2.24) is 4.90 Å². The van der Waals surface area contributed by atoms with Gasteiger partial charge in [0.15, 0.2) is 0 Å². The van der Waals surface area contributed by atoms with Gasteiger partial charge < -0.3 is 4.90 Å². The first-order valence-electron chi connectivity index (χ1n) is 6.06. The number of carbonyl (C=O) groups is 2. The molecule has 90 valence electrons. The molecule has 1 heterocycles. The van der Waals surface area contributed by atoms with Crippen LogP contribution in [-0.4, -0.2) is 29.2 Å². The van der Waals surface area contributed by atoms with Crippen LogP contribution in [0.1, 0.15) is 25.3 Å². The molecule has 3 heteroatoms. The Bertz CT molecular complexity index is 413. The van der Waals surface area contributed by atoms with E-state index in [0.717, 1.165) is 12.8 Å². The fourth-order valence-corrected chi connectivity index (χ4v) is 2.19. The molecule has 1 aliphatic rings. The second-order valence-corrected chi connectivity index (χ2v) is 4.55. The van der Waals surface area contributed by atoms with Crippen LogP contribution in [0, 0.1) is 0 Å². The molecule has 1 fully saturated rings. The van der Waals surface area contributed by atoms with Gasteiger partial charge in [0.1, 0.15) is 0 Å². The average molecular weight is 231 g/mol. The SMILES string of the molecule is CC(CCc1ccccc1)N1CCC(=O)C1=O. The summed E-state index contributed by atoms with van der Waals surface area (Å²) in [6.45, 7) is 2.60. The van der Waals surface area contributed by atoms with Crippen LogP contribution < -0.4 is 0 Å². The largest absolute Gasteiger partial charge is 0.333 e. The van der Waals surface area contributed by atoms with Crippen LogP contribution in [0.5, 0.6) is 0 Å². The Kier molecular flexibility index (Phi) is 3.57. The molecule has 0 aromatic heterocycles. The second kappa shape index (κ2) is 5.13. The fourth-order valence-electron chi connectivity index (χ4n) is 2.19. The van der Waals surface area contributed by atoms with Crippen molar-refractivity contribution in [2.75, 3.05) is 6.54 Å². The lowest BCUT2D eigenvalue weighted by Gasteiger charge is -2.23. The van der Waals surface area contributed by atoms with Crippen molar-refractivity contribution in [3.63, 3.8) is 0 Å². The summed E-state index contributed by atoms with van der Waals surface area (Å²) in [5, 5.41) is 0. The predicted octanol–water partition coefficient (Wildman–Crippen LogP) is 1.81. The van der Waals surface area contributed by atoms with Crippen LogP contribution in [0.15, 0.2) is 30.3 Å². The molecule has 0 radical (unpaired) electrons. The number of Topliss-reactive ketones (excluding diaryl/α,β-unsaturated/α-hetero) is 1. The maximum Gasteiger partial charge on any atom is 0.290 e. The van der Waals surface area contributed by atoms with Crippen molar-refractivity contribution >= 4 is 11.7 Å². The first-order chi connectivity index (χ1) is 8.18. The summed E-state index contributed by atoms with van der Waals surface area (Å²) in [5.74, 6) is -0.540. The van der Waals surface area contributed by atoms with Gasteiger partial charge in [0.05, 0.1) is 0 Å². The minimum absolute atomic E-state index is 0.147. The van der Waals surface area contributed by atoms with Gasteiger partial charge in [-0.15, -0.1) is 0 Å². The molecule has 17 heavy (non-hydrogen) atoms. The number of carbonyl (C=O) groups excluding carboxylic acids is 2. The Labute approximate surface area is 101 Å². The van der Waals surface area contributed by atoms with Crippen LogP contribution in [0.2, 0.25) is 0 Å². The van der Waals surface area contributed by atoms with Gasteiger partial charge in [0.2, 0.25) is 5.78 Å². The van der Waals surface area contributed by atoms with E-state index in [-0.39, 0.29) is 17.7 Å². The van der Waals surface area contributed by atoms with Crippen molar-refractivity contribution in [3.05, 3.63) is 35.9 Å². The number of hydrogen-bond acceptors (Lipinski definition) is 2. The minimum atomic E-state index is -0.300. The van der Waals surface area contributed by atoms with Crippen LogP contribution in [0.25, 0.3) is 0 Å². The van der Waals surface area contributed by atoms with Crippen molar-refractivity contribution in [3.8, 4) is 0 Å². The molecule has 1 aliphatic heterocycles. The Morgan fingerprint density at radius 3 is 2.53 bits per heavy atom. The van der Waals surface area contributed by atoms with E-state index in [0.29, 0.717) is 13.0 Å². The van der Waals surface area contributed by atoms with Gasteiger partial charge in [0.25, 0.3) is 5.91 Å². The Hall–Kier alpha value is -1.64. The number of nitrogens with zero attached hydrogens (tertiary/aromatic N) is 1. The molecule has 0 N–H and O–H groups in total. The van der Waals surface area contributed by atoms with E-state index >= 15 is 0 Å². The highest BCUT2D eigenvalue weighted by atomic mass is 16.2. The number of hydrogen-bond donors (Lipinski definition) is 0. The smallest absolute Gasteiger partial charge is 0.290 e. The van der Waals surface area contributed by atoms with Gasteiger partial charge in [-0.1, -0.05) is 30.3 Å². The van der Waals surface area contributed by atoms with Gasteiger partial charge in [0, 0.05) is 19.0 Å². The normalized spacial score (nSPS) is 17.6. The van der Waals surface area contributed by atoms with E-state index in [1.807, 2.05) is 25.1 Å². The number of rotatable bonds is 4. The molecule has 1 aromatic carbocycles. The molecule has 1 amide bonds. The van der Waals surface area contributed by atoms with Crippen molar-refractivity contribution < 1.29 is 9.59 Å². The molecule has 2 rings (SSSR count). The quantitative estimate of drug-likeness (QED) is 0.741. The summed E-state index contributed by atoms with van der Waals surface area (Å²) in [7, 11) is 0. The van der Waals surface area contributed by atoms with E-state index in [1.165, 1.54) is 5.56 Å². The molecule has 1 aromatic rings. The zero-order chi connectivity index (χ0) is 12.3. The number of aryl methyl sites for hydroxylation is 1. The highest BCUT2D eigenvalue weighted by Crippen LogP contribution is 2.15. The third-order valence-electron chi connectivity index (χ3n) is 3.30. The maximum absolute atomic E-state index is 11.5. The van der Waals surface area contributed by atoms with Gasteiger partial charge in [-0.25, -0.2) is 0 Å². The van der Waals surface area contributed by atoms with E-state index in [2.05, 4.69) is 12.1 Å². The highest BCUT2D eigenvalue weighted by molar-refractivity contribution is 6.37. The molecular formula is C14H17NO2. The van der Waals surface area contributed by atoms with Crippen LogP contribution >= 0.6 is 0 Å². The summed E-state index contributed by atoms with van der Waals surface area (Å²) < 4.78 is 0. The number of benzene rings is 1. The lowest BCUT2D eigenvalue weighted by Crippen LogP contribution is -2.36. The lowest BCUT2D eigenvalue weighted by molar-refractivity contribution is -0.141. The number of amides is 1. The summed E-state index contributed by atoms with van der Waals surface area (Å²) in [6.07, 6.45) is 2.23. The molecule has 0 aliphatic carbocycles. The number of likely N-dealkylation sites (tertiary alicyclic amines) is 1. The first kappa shape index (κ1) is 11.8. The molecule has 0 spiro atoms. The summed E-state index contributed by atoms with van der Waals surface area (Å²) >= 11 is 0. The fraction of sp³-hybridized carbons (Fsp3) is 0.429. The lowest BCUT2D eigenvalue weighted by atomic mass is 10.1. The molecule has 0 bridgehead atoms. The maximum atomic E-state index is 11.5. The van der Waals surface area contributed by atoms with E-state index in [1.54, 1.807) is 4.90 Å². The molecule has 1 saturated heterocycles. The highest BCUT2D eigenvalue weighted by Gasteiger charge is 2.31. The second-order valence-electron chi connectivity index (χ2n) is 4.55. The summed E-state index contributed by atoms with van der Waals surface area (Å²) in [6, 6.07) is 10.4. The van der Waals surface area contributed by atoms with E-state index < -0.39 is 0 Å². The van der Waals surface area contributed by atoms with Gasteiger partial charge in [-0.2, -0.15) is 0 Å². The van der Waals surface area contributed by atoms with Gasteiger partial charge in [-0.3, -0.25) is 9.59 Å². The Morgan fingerprint density at radius 2 is 1.94 bits per heavy atom. The average Bonchev–Trinajstić information content (AvgIpc) is 2.69. The summed E-state index contributed by atoms with van der Waals surface area (Å²) in [5.41, 5.74) is 1.28. The first-order valence-corrected chi connectivity index (χ1v) is 6.06. The van der Waals surface area contributed by atoms with E-state index in [4.69, 9.17) is 0 Å². The monoisotopic (exact) mass is 231 g/mol. The van der Waals surface area contributed by atoms with Crippen molar-refractivity contribution in [2.45, 2.75) is 32.2 Å². The Morgan fingerprint density at radius 1 is 1.24 bits per heavy atom. The molecule has 0 saturated carbocycles. The predicted molar refractivity (Wildman–Crippen MR) is 65.6 cm³/mol. The minimum Gasteiger partial charge on any atom is -0.333 e. The van der Waals surface area contributed by atoms with Gasteiger partial charge >= 0.3 is 0 Å². The zero-order valence-corrected chi connectivity index (χ0v) is 10.1. The van der Waals surface area contributed by atoms with Gasteiger partial charge in [-0.05, 0) is 25.3 Å². The van der Waals surface area contributed by atoms with E-state index in [9.17, 15) is 9.59 Å². The Balaban J connectivity index is 1.88. The molecule has 3 nitrogen and oxygen atoms in total. The zero-order valence-electron chi connectivity index (χ0n) is 10.1. The van der Waals surface area contributed by atoms with Crippen molar-refractivity contribution in [1.29, 1.82) is 0 Å². The van der Waals surface area contributed by atoms with Crippen LogP contribution in [0.4, 0.5) is 0 Å². The standard InChI is InChI=1S/C14H17NO2/c1-11(15-10-9-13(16)14(15)17)7-8-12-5-3-2-4-6-12/h2-6,11H,7-10H2,1H3. The molecular weight excluding hydrogens is 214 g/mol. The van der Waals surface area contributed by atoms with Crippen LogP contribution in [0.3, 0.4) is 0 Å². The van der Waals surface area contributed by atoms with Crippen molar-refractivity contribution in [2.24, 2.45) is 0 Å². The summed E-state index contributed by atoms with van der Waals surface area (Å²) in [4.78, 5) is 24.4. The third-order valence-corrected chi connectivity index (χ3v) is 3.30. The van der Waals surface area contributed by atoms with Crippen LogP contribution in [-0.2, 0) is 16.0 Å². The molecule has 1 unspecified atom stereocenters. The topological polar surface area (TPSA) is 37.4 Å². The molecule has 1 atom stereocenters. The third kappa shape index (κ3) is 2.73.